The van der Waals surface area contributed by atoms with Crippen LogP contribution in [0.3, 0.4) is 0 Å². The summed E-state index contributed by atoms with van der Waals surface area (Å²) < 4.78 is 60.5. The second-order valence-electron chi connectivity index (χ2n) is 15.4. The van der Waals surface area contributed by atoms with Crippen molar-refractivity contribution in [3.8, 4) is 0 Å². The molecule has 4 N–H and O–H groups in total. The molecule has 2 saturated heterocycles. The summed E-state index contributed by atoms with van der Waals surface area (Å²) in [5.41, 5.74) is -0.0904. The normalized spacial score (nSPS) is 28.8. The maximum absolute atomic E-state index is 14.5. The van der Waals surface area contributed by atoms with Crippen molar-refractivity contribution in [2.75, 3.05) is 31.6 Å². The first-order valence-corrected chi connectivity index (χ1v) is 21.1. The summed E-state index contributed by atoms with van der Waals surface area (Å²) in [4.78, 5) is 75.9. The van der Waals surface area contributed by atoms with E-state index in [1.165, 1.54) is 21.9 Å². The van der Waals surface area contributed by atoms with E-state index in [-0.39, 0.29) is 51.2 Å². The molecule has 5 heterocycles. The van der Waals surface area contributed by atoms with Crippen LogP contribution in [0.4, 0.5) is 19.7 Å². The molecule has 5 aliphatic rings. The zero-order valence-electron chi connectivity index (χ0n) is 32.0. The van der Waals surface area contributed by atoms with Gasteiger partial charge in [0.1, 0.15) is 40.5 Å². The number of halogens is 1. The molecule has 7 rings (SSSR count). The number of rotatable bonds is 4. The molecule has 5 amide bonds. The number of hydrogen-bond acceptors (Lipinski definition) is 12. The molecule has 19 heteroatoms. The van der Waals surface area contributed by atoms with Crippen LogP contribution < -0.4 is 20.7 Å². The number of alkyl carbamates (subject to hydrolysis) is 1. The number of amides is 5. The fourth-order valence-electron chi connectivity index (χ4n) is 8.01. The lowest BCUT2D eigenvalue weighted by Crippen LogP contribution is -2.58. The van der Waals surface area contributed by atoms with Crippen LogP contribution in [-0.4, -0.2) is 109 Å². The lowest BCUT2D eigenvalue weighted by Gasteiger charge is -2.30. The Morgan fingerprint density at radius 3 is 2.62 bits per heavy atom. The summed E-state index contributed by atoms with van der Waals surface area (Å²) in [6, 6.07) is 4.42. The number of sulfonamides is 1. The average Bonchev–Trinajstić information content (AvgIpc) is 3.59. The Balaban J connectivity index is 1.16. The van der Waals surface area contributed by atoms with Crippen molar-refractivity contribution in [3.63, 3.8) is 0 Å². The van der Waals surface area contributed by atoms with Crippen LogP contribution in [0, 0.1) is 11.7 Å². The summed E-state index contributed by atoms with van der Waals surface area (Å²) in [5, 5.41) is 8.43. The highest BCUT2D eigenvalue weighted by molar-refractivity contribution is 7.90. The second kappa shape index (κ2) is 17.3. The van der Waals surface area contributed by atoms with Crippen LogP contribution in [0.15, 0.2) is 54.1 Å². The van der Waals surface area contributed by atoms with Crippen molar-refractivity contribution in [1.29, 1.82) is 0 Å². The van der Waals surface area contributed by atoms with E-state index in [0.717, 1.165) is 36.2 Å². The van der Waals surface area contributed by atoms with E-state index in [1.54, 1.807) is 12.3 Å². The minimum absolute atomic E-state index is 0.0125. The topological polar surface area (TPSA) is 215 Å². The third-order valence-corrected chi connectivity index (χ3v) is 12.7. The number of nitrogens with zero attached hydrogens (tertiary/aromatic N) is 3. The molecule has 1 aliphatic carbocycles. The number of ether oxygens (including phenoxy) is 3. The van der Waals surface area contributed by atoms with Crippen molar-refractivity contribution in [2.24, 2.45) is 5.92 Å². The Morgan fingerprint density at radius 1 is 1.05 bits per heavy atom. The Morgan fingerprint density at radius 2 is 1.86 bits per heavy atom. The van der Waals surface area contributed by atoms with Crippen LogP contribution in [0.1, 0.15) is 69.0 Å². The number of carbonyl (C=O) groups is 5. The van der Waals surface area contributed by atoms with E-state index < -0.39 is 86.4 Å². The van der Waals surface area contributed by atoms with Crippen molar-refractivity contribution in [3.05, 3.63) is 66.3 Å². The SMILES string of the molecule is C=C[C@@H]1C[C@@]12NC(=O)[C@@H]1C[C@@H](OC(=O)N3Cc4cccnc4C3)CN1C(=O)[C@@H](NC(=O)O[C@@H]1CCOC1)CCCCCCCNc1ccc(F)cc1S(=O)(=O)NC2=O. The molecule has 58 heavy (non-hydrogen) atoms. The van der Waals surface area contributed by atoms with E-state index in [1.807, 2.05) is 10.8 Å². The summed E-state index contributed by atoms with van der Waals surface area (Å²) in [6.45, 7) is 5.03. The first-order valence-electron chi connectivity index (χ1n) is 19.7. The molecular weight excluding hydrogens is 778 g/mol. The quantitative estimate of drug-likeness (QED) is 0.328. The Labute approximate surface area is 335 Å². The van der Waals surface area contributed by atoms with Crippen LogP contribution in [0.2, 0.25) is 0 Å². The molecule has 0 unspecified atom stereocenters. The Kier molecular flexibility index (Phi) is 12.2. The fraction of sp³-hybridized carbons (Fsp3) is 0.538. The zero-order valence-corrected chi connectivity index (χ0v) is 32.8. The van der Waals surface area contributed by atoms with E-state index in [9.17, 15) is 36.8 Å². The highest BCUT2D eigenvalue weighted by Gasteiger charge is 2.61. The van der Waals surface area contributed by atoms with Crippen LogP contribution >= 0.6 is 0 Å². The van der Waals surface area contributed by atoms with Gasteiger partial charge in [-0.05, 0) is 49.1 Å². The summed E-state index contributed by atoms with van der Waals surface area (Å²) in [7, 11) is -4.67. The van der Waals surface area contributed by atoms with Gasteiger partial charge in [-0.25, -0.2) is 27.1 Å². The second-order valence-corrected chi connectivity index (χ2v) is 17.0. The number of pyridine rings is 1. The lowest BCUT2D eigenvalue weighted by molar-refractivity contribution is -0.141. The van der Waals surface area contributed by atoms with Crippen molar-refractivity contribution in [2.45, 2.75) is 106 Å². The smallest absolute Gasteiger partial charge is 0.410 e. The predicted molar refractivity (Wildman–Crippen MR) is 204 cm³/mol. The van der Waals surface area contributed by atoms with Gasteiger partial charge in [0.2, 0.25) is 11.8 Å². The third kappa shape index (κ3) is 9.04. The summed E-state index contributed by atoms with van der Waals surface area (Å²) in [5.74, 6) is -4.02. The highest BCUT2D eigenvalue weighted by Crippen LogP contribution is 2.45. The molecule has 6 atom stereocenters. The fourth-order valence-corrected chi connectivity index (χ4v) is 9.24. The Hall–Kier alpha value is -5.30. The molecule has 1 saturated carbocycles. The van der Waals surface area contributed by atoms with Gasteiger partial charge < -0.3 is 35.1 Å². The van der Waals surface area contributed by atoms with Gasteiger partial charge in [-0.15, -0.1) is 6.58 Å². The van der Waals surface area contributed by atoms with Crippen molar-refractivity contribution < 1.29 is 51.0 Å². The van der Waals surface area contributed by atoms with Gasteiger partial charge in [-0.3, -0.25) is 24.3 Å². The van der Waals surface area contributed by atoms with Crippen LogP contribution in [-0.2, 0) is 51.7 Å². The Bertz CT molecular complexity index is 2020. The summed E-state index contributed by atoms with van der Waals surface area (Å²) in [6.07, 6.45) is 3.95. The van der Waals surface area contributed by atoms with Gasteiger partial charge >= 0.3 is 12.2 Å². The van der Waals surface area contributed by atoms with Gasteiger partial charge in [-0.2, -0.15) is 0 Å². The molecule has 1 aromatic carbocycles. The standard InChI is InChI=1S/C39H48FN7O10S/c1-2-25-19-39(25)36(50)45-58(53,54)33-17-26(40)11-12-29(33)41-14-7-5-3-4-6-10-30(43-37(51)56-27-13-16-55-23-27)35(49)47-21-28(18-32(47)34(48)44-39)57-38(52)46-20-24-9-8-15-42-31(24)22-46/h2,8-9,11-12,15,17,25,27-28,30,32,41H,1,3-7,10,13-14,16,18-23H2,(H,43,51)(H,44,48)(H,45,50)/t25-,27-,28-,30+,32+,39-/m1/s1. The number of benzene rings is 1. The minimum Gasteiger partial charge on any atom is -0.444 e. The molecule has 17 nitrogen and oxygen atoms in total. The highest BCUT2D eigenvalue weighted by atomic mass is 32.2. The molecule has 0 bridgehead atoms. The maximum Gasteiger partial charge on any atom is 0.410 e. The van der Waals surface area contributed by atoms with Gasteiger partial charge in [0.05, 0.1) is 44.2 Å². The van der Waals surface area contributed by atoms with Crippen LogP contribution in [0.25, 0.3) is 0 Å². The molecule has 2 aromatic rings. The van der Waals surface area contributed by atoms with E-state index >= 15 is 0 Å². The van der Waals surface area contributed by atoms with Gasteiger partial charge in [0, 0.05) is 31.5 Å². The van der Waals surface area contributed by atoms with Crippen molar-refractivity contribution in [1.82, 2.24) is 30.1 Å². The number of anilines is 1. The molecule has 1 aromatic heterocycles. The van der Waals surface area contributed by atoms with E-state index in [0.29, 0.717) is 38.8 Å². The van der Waals surface area contributed by atoms with Crippen LogP contribution in [0.5, 0.6) is 0 Å². The minimum atomic E-state index is -4.67. The number of nitrogens with one attached hydrogen (secondary N) is 4. The van der Waals surface area contributed by atoms with Gasteiger partial charge in [-0.1, -0.05) is 37.8 Å². The molecule has 4 aliphatic heterocycles. The number of carbonyl (C=O) groups excluding carboxylic acids is 5. The number of fused-ring (bicyclic) bond motifs is 3. The number of aromatic nitrogens is 1. The molecular formula is C39H48FN7O10S. The van der Waals surface area contributed by atoms with Gasteiger partial charge in [0.15, 0.2) is 0 Å². The largest absolute Gasteiger partial charge is 0.444 e. The summed E-state index contributed by atoms with van der Waals surface area (Å²) >= 11 is 0. The first-order chi connectivity index (χ1) is 27.9. The molecule has 312 valence electrons. The molecule has 3 fully saturated rings. The predicted octanol–water partition coefficient (Wildman–Crippen LogP) is 2.86. The zero-order chi connectivity index (χ0) is 41.0. The number of hydrogen-bond donors (Lipinski definition) is 4. The van der Waals surface area contributed by atoms with E-state index in [4.69, 9.17) is 14.2 Å². The average molecular weight is 826 g/mol. The molecule has 1 spiro atoms. The van der Waals surface area contributed by atoms with E-state index in [2.05, 4.69) is 27.5 Å². The monoisotopic (exact) mass is 825 g/mol. The van der Waals surface area contributed by atoms with Gasteiger partial charge in [0.25, 0.3) is 15.9 Å². The lowest BCUT2D eigenvalue weighted by atomic mass is 10.0. The van der Waals surface area contributed by atoms with Crippen molar-refractivity contribution >= 4 is 45.6 Å². The maximum atomic E-state index is 14.5. The molecule has 0 radical (unpaired) electrons. The first kappa shape index (κ1) is 40.9. The third-order valence-electron chi connectivity index (χ3n) is 11.3.